The van der Waals surface area contributed by atoms with Crippen molar-refractivity contribution in [1.82, 2.24) is 9.80 Å². The van der Waals surface area contributed by atoms with Gasteiger partial charge >= 0.3 is 6.18 Å². The van der Waals surface area contributed by atoms with Gasteiger partial charge in [0.25, 0.3) is 5.91 Å². The summed E-state index contributed by atoms with van der Waals surface area (Å²) in [6, 6.07) is 9.59. The van der Waals surface area contributed by atoms with E-state index in [1.165, 1.54) is 23.9 Å². The highest BCUT2D eigenvalue weighted by molar-refractivity contribution is 8.18. The highest BCUT2D eigenvalue weighted by Crippen LogP contribution is 2.38. The number of likely N-dealkylation sites (tertiary alicyclic amines) is 1. The van der Waals surface area contributed by atoms with Crippen molar-refractivity contribution in [2.24, 2.45) is 4.99 Å². The summed E-state index contributed by atoms with van der Waals surface area (Å²) in [6.07, 6.45) is 0.543. The van der Waals surface area contributed by atoms with Crippen molar-refractivity contribution in [3.05, 3.63) is 68.6 Å². The highest BCUT2D eigenvalue weighted by Gasteiger charge is 2.43. The van der Waals surface area contributed by atoms with Gasteiger partial charge in [-0.25, -0.2) is 0 Å². The molecule has 194 valence electrons. The van der Waals surface area contributed by atoms with Gasteiger partial charge in [-0.05, 0) is 73.1 Å². The van der Waals surface area contributed by atoms with Crippen molar-refractivity contribution < 1.29 is 18.0 Å². The SMILES string of the molecule is CN1C[C@H]2CC[C@@H](C1)N2C1=NC(=O)/C(=C/c2ccc(NCc3ccc(Cl)cc3C(F)(F)F)c(C=N)c2)S1. The lowest BCUT2D eigenvalue weighted by Gasteiger charge is -2.40. The number of piperazine rings is 1. The second-order valence-corrected chi connectivity index (χ2v) is 10.9. The zero-order valence-corrected chi connectivity index (χ0v) is 21.6. The van der Waals surface area contributed by atoms with E-state index in [0.717, 1.165) is 43.4 Å². The largest absolute Gasteiger partial charge is 0.416 e. The van der Waals surface area contributed by atoms with Crippen LogP contribution < -0.4 is 5.32 Å². The highest BCUT2D eigenvalue weighted by atomic mass is 35.5. The standard InChI is InChI=1S/C26H25ClF3N5OS/c1-34-13-19-5-6-20(14-34)35(19)25-33-24(36)23(37-25)9-15-2-7-22(17(8-15)11-31)32-12-16-3-4-18(27)10-21(16)26(28,29)30/h2-4,7-11,19-20,31-32H,5-6,12-14H2,1H3/b23-9-,31-11?/t19-,20+. The molecule has 5 rings (SSSR count). The van der Waals surface area contributed by atoms with Crippen molar-refractivity contribution >= 4 is 52.4 Å². The summed E-state index contributed by atoms with van der Waals surface area (Å²) in [4.78, 5) is 22.1. The minimum Gasteiger partial charge on any atom is -0.380 e. The Morgan fingerprint density at radius 2 is 1.92 bits per heavy atom. The molecule has 2 aromatic rings. The number of benzene rings is 2. The third kappa shape index (κ3) is 5.42. The van der Waals surface area contributed by atoms with Crippen LogP contribution in [0, 0.1) is 5.41 Å². The van der Waals surface area contributed by atoms with Crippen molar-refractivity contribution in [2.45, 2.75) is 37.6 Å². The van der Waals surface area contributed by atoms with Crippen molar-refractivity contribution in [2.75, 3.05) is 25.5 Å². The average Bonchev–Trinajstić information content (AvgIpc) is 3.33. The van der Waals surface area contributed by atoms with E-state index in [1.54, 1.807) is 24.3 Å². The molecule has 0 aliphatic carbocycles. The molecule has 0 saturated carbocycles. The first-order valence-corrected chi connectivity index (χ1v) is 13.1. The van der Waals surface area contributed by atoms with Crippen LogP contribution in [-0.2, 0) is 17.5 Å². The third-order valence-electron chi connectivity index (χ3n) is 6.87. The maximum Gasteiger partial charge on any atom is 0.416 e. The molecule has 0 spiro atoms. The first-order chi connectivity index (χ1) is 17.6. The molecular weight excluding hydrogens is 523 g/mol. The maximum absolute atomic E-state index is 13.4. The van der Waals surface area contributed by atoms with Crippen molar-refractivity contribution in [3.8, 4) is 0 Å². The number of amidine groups is 1. The van der Waals surface area contributed by atoms with E-state index in [9.17, 15) is 18.0 Å². The van der Waals surface area contributed by atoms with Crippen LogP contribution in [0.3, 0.4) is 0 Å². The molecule has 3 aliphatic heterocycles. The summed E-state index contributed by atoms with van der Waals surface area (Å²) in [5.74, 6) is -0.278. The lowest BCUT2D eigenvalue weighted by molar-refractivity contribution is -0.138. The molecule has 1 amide bonds. The summed E-state index contributed by atoms with van der Waals surface area (Å²) < 4.78 is 40.2. The molecule has 6 nitrogen and oxygen atoms in total. The molecule has 0 unspecified atom stereocenters. The minimum absolute atomic E-state index is 0.0142. The number of alkyl halides is 3. The number of nitrogens with zero attached hydrogens (tertiary/aromatic N) is 3. The van der Waals surface area contributed by atoms with Crippen LogP contribution in [0.5, 0.6) is 0 Å². The van der Waals surface area contributed by atoms with Crippen molar-refractivity contribution in [3.63, 3.8) is 0 Å². The molecule has 2 bridgehead atoms. The molecule has 2 saturated heterocycles. The number of hydrogen-bond donors (Lipinski definition) is 2. The Kier molecular flexibility index (Phi) is 7.08. The molecule has 0 aromatic heterocycles. The Labute approximate surface area is 222 Å². The number of hydrogen-bond acceptors (Lipinski definition) is 6. The fraction of sp³-hybridized carbons (Fsp3) is 0.346. The van der Waals surface area contributed by atoms with E-state index >= 15 is 0 Å². The number of likely N-dealkylation sites (N-methyl/N-ethyl adjacent to an activating group) is 1. The number of carbonyl (C=O) groups is 1. The number of halogens is 4. The van der Waals surface area contributed by atoms with Crippen LogP contribution >= 0.6 is 23.4 Å². The van der Waals surface area contributed by atoms with Crippen LogP contribution in [-0.4, -0.2) is 59.3 Å². The molecule has 3 heterocycles. The van der Waals surface area contributed by atoms with Gasteiger partial charge < -0.3 is 20.5 Å². The van der Waals surface area contributed by atoms with Crippen LogP contribution in [0.2, 0.25) is 5.02 Å². The second-order valence-electron chi connectivity index (χ2n) is 9.47. The normalized spacial score (nSPS) is 23.1. The van der Waals surface area contributed by atoms with Gasteiger partial charge in [0.15, 0.2) is 5.17 Å². The molecule has 2 atom stereocenters. The Balaban J connectivity index is 1.31. The summed E-state index contributed by atoms with van der Waals surface area (Å²) in [7, 11) is 2.12. The average molecular weight is 548 g/mol. The third-order valence-corrected chi connectivity index (χ3v) is 8.10. The van der Waals surface area contributed by atoms with E-state index in [1.807, 2.05) is 0 Å². The van der Waals surface area contributed by atoms with Gasteiger partial charge in [0.1, 0.15) is 0 Å². The molecule has 2 fully saturated rings. The monoisotopic (exact) mass is 547 g/mol. The second kappa shape index (κ2) is 10.2. The van der Waals surface area contributed by atoms with E-state index in [-0.39, 0.29) is 23.0 Å². The molecule has 2 N–H and O–H groups in total. The number of carbonyl (C=O) groups excluding carboxylic acids is 1. The Morgan fingerprint density at radius 1 is 1.19 bits per heavy atom. The lowest BCUT2D eigenvalue weighted by atomic mass is 10.1. The quantitative estimate of drug-likeness (QED) is 0.370. The van der Waals surface area contributed by atoms with E-state index < -0.39 is 11.7 Å². The number of aliphatic imine (C=N–C) groups is 1. The zero-order chi connectivity index (χ0) is 26.3. The number of thioether (sulfide) groups is 1. The molecule has 2 aromatic carbocycles. The van der Waals surface area contributed by atoms with Gasteiger partial charge in [0.05, 0.1) is 10.5 Å². The Morgan fingerprint density at radius 3 is 2.59 bits per heavy atom. The van der Waals surface area contributed by atoms with Gasteiger partial charge in [0.2, 0.25) is 0 Å². The molecular formula is C26H25ClF3N5OS. The number of amides is 1. The molecule has 3 aliphatic rings. The predicted molar refractivity (Wildman–Crippen MR) is 142 cm³/mol. The summed E-state index contributed by atoms with van der Waals surface area (Å²) in [5, 5.41) is 11.6. The van der Waals surface area contributed by atoms with E-state index in [4.69, 9.17) is 17.0 Å². The van der Waals surface area contributed by atoms with E-state index in [0.29, 0.717) is 33.8 Å². The van der Waals surface area contributed by atoms with Crippen LogP contribution in [0.25, 0.3) is 6.08 Å². The topological polar surface area (TPSA) is 71.8 Å². The van der Waals surface area contributed by atoms with Gasteiger partial charge in [-0.3, -0.25) is 4.79 Å². The first kappa shape index (κ1) is 25.8. The molecule has 11 heteroatoms. The summed E-state index contributed by atoms with van der Waals surface area (Å²) in [6.45, 7) is 1.83. The summed E-state index contributed by atoms with van der Waals surface area (Å²) in [5.41, 5.74) is 0.962. The smallest absolute Gasteiger partial charge is 0.380 e. The van der Waals surface area contributed by atoms with Gasteiger partial charge in [-0.15, -0.1) is 0 Å². The van der Waals surface area contributed by atoms with Crippen LogP contribution in [0.15, 0.2) is 46.3 Å². The van der Waals surface area contributed by atoms with Crippen LogP contribution in [0.1, 0.15) is 35.1 Å². The number of nitrogens with one attached hydrogen (secondary N) is 2. The lowest BCUT2D eigenvalue weighted by Crippen LogP contribution is -2.53. The van der Waals surface area contributed by atoms with Gasteiger partial charge in [-0.2, -0.15) is 18.2 Å². The molecule has 37 heavy (non-hydrogen) atoms. The van der Waals surface area contributed by atoms with E-state index in [2.05, 4.69) is 27.2 Å². The number of fused-ring (bicyclic) bond motifs is 2. The van der Waals surface area contributed by atoms with Gasteiger partial charge in [0, 0.05) is 54.2 Å². The summed E-state index contributed by atoms with van der Waals surface area (Å²) >= 11 is 7.15. The zero-order valence-electron chi connectivity index (χ0n) is 20.0. The minimum atomic E-state index is -4.53. The predicted octanol–water partition coefficient (Wildman–Crippen LogP) is 5.72. The fourth-order valence-electron chi connectivity index (χ4n) is 5.19. The number of anilines is 1. The fourth-order valence-corrected chi connectivity index (χ4v) is 6.42. The maximum atomic E-state index is 13.4. The molecule has 0 radical (unpaired) electrons. The van der Waals surface area contributed by atoms with Crippen molar-refractivity contribution in [1.29, 1.82) is 5.41 Å². The number of rotatable bonds is 5. The van der Waals surface area contributed by atoms with Crippen LogP contribution in [0.4, 0.5) is 18.9 Å². The first-order valence-electron chi connectivity index (χ1n) is 11.9. The van der Waals surface area contributed by atoms with Gasteiger partial charge in [-0.1, -0.05) is 23.7 Å². The Bertz CT molecular complexity index is 1300. The Hall–Kier alpha value is -2.82.